The molecule has 4 aliphatic rings. The number of rotatable bonds is 2. The van der Waals surface area contributed by atoms with E-state index < -0.39 is 0 Å². The SMILES string of the molecule is CCC1CC2C3=CC=C(c4cccnc4)C3(C)CCC2C2(C)CCC(=O)C=C12. The van der Waals surface area contributed by atoms with E-state index in [1.54, 1.807) is 5.57 Å². The minimum Gasteiger partial charge on any atom is -0.295 e. The molecule has 0 saturated heterocycles. The van der Waals surface area contributed by atoms with Crippen molar-refractivity contribution in [1.29, 1.82) is 0 Å². The number of carbonyl (C=O) groups excluding carboxylic acids is 1. The monoisotopic (exact) mass is 373 g/mol. The molecule has 2 saturated carbocycles. The third-order valence-electron chi connectivity index (χ3n) is 8.63. The van der Waals surface area contributed by atoms with Gasteiger partial charge in [-0.15, -0.1) is 0 Å². The normalized spacial score (nSPS) is 39.3. The fraction of sp³-hybridized carbons (Fsp3) is 0.538. The maximum Gasteiger partial charge on any atom is 0.155 e. The lowest BCUT2D eigenvalue weighted by molar-refractivity contribution is -0.116. The van der Waals surface area contributed by atoms with Crippen LogP contribution in [0.3, 0.4) is 0 Å². The number of hydrogen-bond acceptors (Lipinski definition) is 2. The van der Waals surface area contributed by atoms with Gasteiger partial charge < -0.3 is 0 Å². The predicted octanol–water partition coefficient (Wildman–Crippen LogP) is 6.16. The summed E-state index contributed by atoms with van der Waals surface area (Å²) in [4.78, 5) is 16.6. The van der Waals surface area contributed by atoms with Crippen molar-refractivity contribution in [3.63, 3.8) is 0 Å². The van der Waals surface area contributed by atoms with E-state index in [4.69, 9.17) is 0 Å². The lowest BCUT2D eigenvalue weighted by Gasteiger charge is -2.58. The van der Waals surface area contributed by atoms with Gasteiger partial charge in [-0.05, 0) is 78.6 Å². The summed E-state index contributed by atoms with van der Waals surface area (Å²) in [6.45, 7) is 7.23. The van der Waals surface area contributed by atoms with Gasteiger partial charge in [-0.3, -0.25) is 9.78 Å². The smallest absolute Gasteiger partial charge is 0.155 e. The van der Waals surface area contributed by atoms with E-state index in [-0.39, 0.29) is 10.8 Å². The molecule has 2 nitrogen and oxygen atoms in total. The predicted molar refractivity (Wildman–Crippen MR) is 113 cm³/mol. The number of allylic oxidation sites excluding steroid dienone is 6. The molecule has 2 heteroatoms. The van der Waals surface area contributed by atoms with Gasteiger partial charge in [0.05, 0.1) is 0 Å². The zero-order valence-corrected chi connectivity index (χ0v) is 17.4. The van der Waals surface area contributed by atoms with Crippen LogP contribution in [0.25, 0.3) is 5.57 Å². The fourth-order valence-corrected chi connectivity index (χ4v) is 7.10. The number of ketones is 1. The standard InChI is InChI=1S/C26H31NO/c1-4-17-14-20-22-8-7-21(18-6-5-13-27-16-18)25(22,2)12-10-23(20)26(3)11-9-19(28)15-24(17)26/h5-8,13,15-17,20,23H,4,9-12,14H2,1-3H3. The molecule has 0 N–H and O–H groups in total. The topological polar surface area (TPSA) is 30.0 Å². The van der Waals surface area contributed by atoms with E-state index in [0.717, 1.165) is 19.3 Å². The number of fused-ring (bicyclic) bond motifs is 5. The molecular weight excluding hydrogens is 342 g/mol. The van der Waals surface area contributed by atoms with Crippen molar-refractivity contribution in [2.24, 2.45) is 28.6 Å². The van der Waals surface area contributed by atoms with Crippen molar-refractivity contribution in [2.45, 2.75) is 59.3 Å². The first-order valence-electron chi connectivity index (χ1n) is 11.1. The summed E-state index contributed by atoms with van der Waals surface area (Å²) in [7, 11) is 0. The van der Waals surface area contributed by atoms with Gasteiger partial charge >= 0.3 is 0 Å². The fourth-order valence-electron chi connectivity index (χ4n) is 7.10. The molecule has 2 fully saturated rings. The number of carbonyl (C=O) groups is 1. The van der Waals surface area contributed by atoms with Crippen molar-refractivity contribution in [3.05, 3.63) is 59.5 Å². The highest BCUT2D eigenvalue weighted by Crippen LogP contribution is 2.66. The molecule has 0 aliphatic heterocycles. The number of hydrogen-bond donors (Lipinski definition) is 0. The second-order valence-electron chi connectivity index (χ2n) is 9.85. The van der Waals surface area contributed by atoms with Crippen LogP contribution >= 0.6 is 0 Å². The van der Waals surface area contributed by atoms with Crippen LogP contribution in [-0.2, 0) is 4.79 Å². The van der Waals surface area contributed by atoms with E-state index in [2.05, 4.69) is 44.0 Å². The molecule has 1 aromatic rings. The van der Waals surface area contributed by atoms with Crippen molar-refractivity contribution in [2.75, 3.05) is 0 Å². The molecule has 0 bridgehead atoms. The second kappa shape index (κ2) is 6.27. The Kier molecular flexibility index (Phi) is 4.05. The van der Waals surface area contributed by atoms with Crippen molar-refractivity contribution in [3.8, 4) is 0 Å². The number of aromatic nitrogens is 1. The largest absolute Gasteiger partial charge is 0.295 e. The summed E-state index contributed by atoms with van der Waals surface area (Å²) in [5.74, 6) is 2.23. The molecule has 28 heavy (non-hydrogen) atoms. The maximum atomic E-state index is 12.2. The summed E-state index contributed by atoms with van der Waals surface area (Å²) in [5.41, 5.74) is 6.20. The van der Waals surface area contributed by atoms with Gasteiger partial charge in [0.25, 0.3) is 0 Å². The summed E-state index contributed by atoms with van der Waals surface area (Å²) in [6, 6.07) is 4.26. The third-order valence-corrected chi connectivity index (χ3v) is 8.63. The van der Waals surface area contributed by atoms with Gasteiger partial charge in [-0.1, -0.05) is 50.1 Å². The minimum absolute atomic E-state index is 0.143. The highest BCUT2D eigenvalue weighted by atomic mass is 16.1. The Hall–Kier alpha value is -1.96. The number of pyridine rings is 1. The third kappa shape index (κ3) is 2.39. The zero-order valence-electron chi connectivity index (χ0n) is 17.4. The van der Waals surface area contributed by atoms with Crippen LogP contribution in [0.15, 0.2) is 53.9 Å². The summed E-state index contributed by atoms with van der Waals surface area (Å²) in [5, 5.41) is 0. The Morgan fingerprint density at radius 1 is 1.18 bits per heavy atom. The molecule has 0 spiro atoms. The van der Waals surface area contributed by atoms with Crippen LogP contribution in [0.5, 0.6) is 0 Å². The second-order valence-corrected chi connectivity index (χ2v) is 9.85. The van der Waals surface area contributed by atoms with Crippen LogP contribution in [0, 0.1) is 28.6 Å². The molecule has 5 rings (SSSR count). The van der Waals surface area contributed by atoms with Crippen LogP contribution in [0.2, 0.25) is 0 Å². The van der Waals surface area contributed by atoms with Gasteiger partial charge in [-0.25, -0.2) is 0 Å². The molecule has 0 radical (unpaired) electrons. The Morgan fingerprint density at radius 3 is 2.79 bits per heavy atom. The Balaban J connectivity index is 1.53. The summed E-state index contributed by atoms with van der Waals surface area (Å²) >= 11 is 0. The molecule has 4 aliphatic carbocycles. The van der Waals surface area contributed by atoms with Crippen molar-refractivity contribution >= 4 is 11.4 Å². The van der Waals surface area contributed by atoms with E-state index in [9.17, 15) is 4.79 Å². The average molecular weight is 374 g/mol. The molecule has 5 unspecified atom stereocenters. The Labute approximate surface area is 168 Å². The number of nitrogens with zero attached hydrogens (tertiary/aromatic N) is 1. The minimum atomic E-state index is 0.143. The zero-order chi connectivity index (χ0) is 19.5. The van der Waals surface area contributed by atoms with Crippen molar-refractivity contribution < 1.29 is 4.79 Å². The van der Waals surface area contributed by atoms with E-state index in [0.29, 0.717) is 23.5 Å². The maximum absolute atomic E-state index is 12.2. The average Bonchev–Trinajstić information content (AvgIpc) is 3.06. The van der Waals surface area contributed by atoms with Gasteiger partial charge in [-0.2, -0.15) is 0 Å². The van der Waals surface area contributed by atoms with Crippen LogP contribution in [-0.4, -0.2) is 10.8 Å². The van der Waals surface area contributed by atoms with E-state index in [1.165, 1.54) is 36.0 Å². The quantitative estimate of drug-likeness (QED) is 0.621. The van der Waals surface area contributed by atoms with Crippen LogP contribution < -0.4 is 0 Å². The molecule has 146 valence electrons. The molecular formula is C26H31NO. The van der Waals surface area contributed by atoms with Gasteiger partial charge in [0.2, 0.25) is 0 Å². The molecule has 1 aromatic heterocycles. The molecule has 5 atom stereocenters. The summed E-state index contributed by atoms with van der Waals surface area (Å²) in [6.07, 6.45) is 17.3. The first kappa shape index (κ1) is 18.1. The highest BCUT2D eigenvalue weighted by molar-refractivity contribution is 5.91. The Bertz CT molecular complexity index is 908. The molecule has 1 heterocycles. The summed E-state index contributed by atoms with van der Waals surface area (Å²) < 4.78 is 0. The first-order chi connectivity index (χ1) is 13.5. The lowest BCUT2D eigenvalue weighted by Crippen LogP contribution is -2.49. The van der Waals surface area contributed by atoms with Gasteiger partial charge in [0.1, 0.15) is 0 Å². The lowest BCUT2D eigenvalue weighted by atomic mass is 9.46. The van der Waals surface area contributed by atoms with Gasteiger partial charge in [0, 0.05) is 24.2 Å². The first-order valence-corrected chi connectivity index (χ1v) is 11.1. The van der Waals surface area contributed by atoms with Crippen molar-refractivity contribution in [1.82, 2.24) is 4.98 Å². The molecule has 0 aromatic carbocycles. The molecule has 0 amide bonds. The van der Waals surface area contributed by atoms with E-state index in [1.807, 2.05) is 24.5 Å². The van der Waals surface area contributed by atoms with Gasteiger partial charge in [0.15, 0.2) is 5.78 Å². The van der Waals surface area contributed by atoms with Crippen LogP contribution in [0.1, 0.15) is 64.9 Å². The highest BCUT2D eigenvalue weighted by Gasteiger charge is 2.56. The van der Waals surface area contributed by atoms with Crippen LogP contribution in [0.4, 0.5) is 0 Å². The van der Waals surface area contributed by atoms with E-state index >= 15 is 0 Å². The Morgan fingerprint density at radius 2 is 2.04 bits per heavy atom.